The summed E-state index contributed by atoms with van der Waals surface area (Å²) in [5.74, 6) is 0.566. The van der Waals surface area contributed by atoms with E-state index < -0.39 is 5.69 Å². The van der Waals surface area contributed by atoms with Crippen molar-refractivity contribution < 1.29 is 0 Å². The maximum atomic E-state index is 11.5. The van der Waals surface area contributed by atoms with Gasteiger partial charge in [0.15, 0.2) is 0 Å². The van der Waals surface area contributed by atoms with Gasteiger partial charge >= 0.3 is 5.69 Å². The van der Waals surface area contributed by atoms with Gasteiger partial charge in [-0.1, -0.05) is 13.8 Å². The van der Waals surface area contributed by atoms with E-state index in [2.05, 4.69) is 23.8 Å². The molecule has 0 fully saturated rings. The average molecular weight is 265 g/mol. The molecule has 2 rings (SSSR count). The van der Waals surface area contributed by atoms with Gasteiger partial charge in [0.25, 0.3) is 5.56 Å². The molecule has 0 aliphatic rings. The van der Waals surface area contributed by atoms with E-state index in [9.17, 15) is 9.59 Å². The van der Waals surface area contributed by atoms with E-state index in [1.54, 1.807) is 0 Å². The van der Waals surface area contributed by atoms with Crippen LogP contribution in [0.25, 0.3) is 0 Å². The molecule has 2 aromatic rings. The van der Waals surface area contributed by atoms with Crippen LogP contribution >= 0.6 is 11.3 Å². The third-order valence-electron chi connectivity index (χ3n) is 2.42. The minimum atomic E-state index is -0.400. The average Bonchev–Trinajstić information content (AvgIpc) is 2.69. The van der Waals surface area contributed by atoms with Crippen molar-refractivity contribution in [1.82, 2.24) is 14.5 Å². The molecule has 5 nitrogen and oxygen atoms in total. The van der Waals surface area contributed by atoms with E-state index in [4.69, 9.17) is 0 Å². The van der Waals surface area contributed by atoms with Gasteiger partial charge in [-0.15, -0.1) is 11.3 Å². The van der Waals surface area contributed by atoms with E-state index in [0.717, 1.165) is 17.1 Å². The largest absolute Gasteiger partial charge is 0.328 e. The number of nitrogens with one attached hydrogen (secondary N) is 1. The highest BCUT2D eigenvalue weighted by Crippen LogP contribution is 2.13. The molecule has 0 amide bonds. The molecule has 2 aromatic heterocycles. The van der Waals surface area contributed by atoms with Crippen LogP contribution < -0.4 is 11.2 Å². The van der Waals surface area contributed by atoms with Crippen molar-refractivity contribution in [3.05, 3.63) is 49.2 Å². The monoisotopic (exact) mass is 265 g/mol. The van der Waals surface area contributed by atoms with Crippen LogP contribution in [0.3, 0.4) is 0 Å². The molecule has 18 heavy (non-hydrogen) atoms. The van der Waals surface area contributed by atoms with E-state index in [1.807, 2.05) is 5.38 Å². The Hall–Kier alpha value is -1.69. The van der Waals surface area contributed by atoms with Crippen molar-refractivity contribution in [3.63, 3.8) is 0 Å². The molecule has 96 valence electrons. The summed E-state index contributed by atoms with van der Waals surface area (Å²) in [6, 6.07) is 1.34. The predicted octanol–water partition coefficient (Wildman–Crippen LogP) is 1.24. The molecule has 0 aromatic carbocycles. The number of rotatable bonds is 4. The summed E-state index contributed by atoms with van der Waals surface area (Å²) in [4.78, 5) is 29.2. The third kappa shape index (κ3) is 3.16. The first-order valence-electron chi connectivity index (χ1n) is 5.77. The molecule has 0 radical (unpaired) electrons. The zero-order chi connectivity index (χ0) is 13.1. The molecule has 0 bridgehead atoms. The van der Waals surface area contributed by atoms with Crippen LogP contribution in [0.2, 0.25) is 0 Å². The van der Waals surface area contributed by atoms with Crippen molar-refractivity contribution in [2.75, 3.05) is 0 Å². The lowest BCUT2D eigenvalue weighted by Gasteiger charge is -2.01. The van der Waals surface area contributed by atoms with Gasteiger partial charge in [-0.25, -0.2) is 9.78 Å². The van der Waals surface area contributed by atoms with Crippen LogP contribution in [0, 0.1) is 5.92 Å². The van der Waals surface area contributed by atoms with Crippen LogP contribution in [0.4, 0.5) is 0 Å². The lowest BCUT2D eigenvalue weighted by atomic mass is 10.1. The quantitative estimate of drug-likeness (QED) is 0.904. The summed E-state index contributed by atoms with van der Waals surface area (Å²) in [5.41, 5.74) is 0.279. The number of aromatic nitrogens is 3. The Bertz CT molecular complexity index is 639. The fraction of sp³-hybridized carbons (Fsp3) is 0.417. The first-order valence-corrected chi connectivity index (χ1v) is 6.65. The van der Waals surface area contributed by atoms with Crippen molar-refractivity contribution in [1.29, 1.82) is 0 Å². The van der Waals surface area contributed by atoms with Crippen molar-refractivity contribution in [2.45, 2.75) is 26.8 Å². The zero-order valence-corrected chi connectivity index (χ0v) is 11.2. The summed E-state index contributed by atoms with van der Waals surface area (Å²) >= 11 is 1.54. The maximum absolute atomic E-state index is 11.5. The predicted molar refractivity (Wildman–Crippen MR) is 71.1 cm³/mol. The van der Waals surface area contributed by atoms with Crippen LogP contribution in [0.5, 0.6) is 0 Å². The summed E-state index contributed by atoms with van der Waals surface area (Å²) in [6.07, 6.45) is 2.43. The van der Waals surface area contributed by atoms with Gasteiger partial charge in [-0.3, -0.25) is 14.3 Å². The molecule has 0 aliphatic carbocycles. The molecule has 2 heterocycles. The van der Waals surface area contributed by atoms with Crippen molar-refractivity contribution >= 4 is 11.3 Å². The normalized spacial score (nSPS) is 11.1. The van der Waals surface area contributed by atoms with Crippen molar-refractivity contribution in [3.8, 4) is 0 Å². The summed E-state index contributed by atoms with van der Waals surface area (Å²) in [6.45, 7) is 4.69. The molecule has 6 heteroatoms. The minimum absolute atomic E-state index is 0.379. The highest BCUT2D eigenvalue weighted by atomic mass is 32.1. The Labute approximate surface area is 108 Å². The molecular formula is C12H15N3O2S. The number of thiazole rings is 1. The standard InChI is InChI=1S/C12H15N3O2S/c1-8(2)5-9-7-18-11(13-9)6-15-4-3-10(16)14-12(15)17/h3-4,7-8H,5-6H2,1-2H3,(H,14,16,17). The van der Waals surface area contributed by atoms with Crippen LogP contribution in [0.15, 0.2) is 27.2 Å². The first kappa shape index (κ1) is 12.8. The maximum Gasteiger partial charge on any atom is 0.328 e. The molecule has 0 aliphatic heterocycles. The van der Waals surface area contributed by atoms with Gasteiger partial charge in [0, 0.05) is 17.6 Å². The zero-order valence-electron chi connectivity index (χ0n) is 10.3. The smallest absolute Gasteiger partial charge is 0.294 e. The second-order valence-electron chi connectivity index (χ2n) is 4.57. The first-order chi connectivity index (χ1) is 8.54. The highest BCUT2D eigenvalue weighted by molar-refractivity contribution is 7.09. The van der Waals surface area contributed by atoms with E-state index in [-0.39, 0.29) is 5.56 Å². The fourth-order valence-electron chi connectivity index (χ4n) is 1.65. The van der Waals surface area contributed by atoms with Crippen molar-refractivity contribution in [2.24, 2.45) is 5.92 Å². The van der Waals surface area contributed by atoms with Gasteiger partial charge in [-0.05, 0) is 12.3 Å². The fourth-order valence-corrected chi connectivity index (χ4v) is 2.45. The van der Waals surface area contributed by atoms with Crippen LogP contribution in [-0.2, 0) is 13.0 Å². The molecule has 0 saturated heterocycles. The SMILES string of the molecule is CC(C)Cc1csc(Cn2ccc(=O)[nH]c2=O)n1. The lowest BCUT2D eigenvalue weighted by molar-refractivity contribution is 0.633. The molecule has 0 atom stereocenters. The second-order valence-corrected chi connectivity index (χ2v) is 5.51. The molecule has 0 spiro atoms. The lowest BCUT2D eigenvalue weighted by Crippen LogP contribution is -2.28. The Morgan fingerprint density at radius 2 is 2.22 bits per heavy atom. The third-order valence-corrected chi connectivity index (χ3v) is 3.30. The van der Waals surface area contributed by atoms with Gasteiger partial charge < -0.3 is 0 Å². The Morgan fingerprint density at radius 3 is 2.89 bits per heavy atom. The molecule has 0 unspecified atom stereocenters. The van der Waals surface area contributed by atoms with Crippen LogP contribution in [0.1, 0.15) is 24.5 Å². The Balaban J connectivity index is 2.16. The van der Waals surface area contributed by atoms with Gasteiger partial charge in [0.05, 0.1) is 12.2 Å². The summed E-state index contributed by atoms with van der Waals surface area (Å²) < 4.78 is 1.44. The molecular weight excluding hydrogens is 250 g/mol. The number of nitrogens with zero attached hydrogens (tertiary/aromatic N) is 2. The number of hydrogen-bond acceptors (Lipinski definition) is 4. The number of hydrogen-bond donors (Lipinski definition) is 1. The molecule has 0 saturated carbocycles. The van der Waals surface area contributed by atoms with Gasteiger partial charge in [-0.2, -0.15) is 0 Å². The number of aromatic amines is 1. The summed E-state index contributed by atoms with van der Waals surface area (Å²) in [5, 5.41) is 2.89. The molecule has 1 N–H and O–H groups in total. The Kier molecular flexibility index (Phi) is 3.76. The van der Waals surface area contributed by atoms with E-state index in [0.29, 0.717) is 12.5 Å². The van der Waals surface area contributed by atoms with E-state index in [1.165, 1.54) is 28.2 Å². The van der Waals surface area contributed by atoms with Crippen LogP contribution in [-0.4, -0.2) is 14.5 Å². The summed E-state index contributed by atoms with van der Waals surface area (Å²) in [7, 11) is 0. The minimum Gasteiger partial charge on any atom is -0.294 e. The second kappa shape index (κ2) is 5.30. The van der Waals surface area contributed by atoms with Gasteiger partial charge in [0.1, 0.15) is 5.01 Å². The Morgan fingerprint density at radius 1 is 1.44 bits per heavy atom. The highest BCUT2D eigenvalue weighted by Gasteiger charge is 2.06. The number of H-pyrrole nitrogens is 1. The van der Waals surface area contributed by atoms with Gasteiger partial charge in [0.2, 0.25) is 0 Å². The topological polar surface area (TPSA) is 67.8 Å². The van der Waals surface area contributed by atoms with E-state index >= 15 is 0 Å².